The largest absolute Gasteiger partial charge is 0.354 e. The Kier molecular flexibility index (Phi) is 4.63. The molecular formula is C22H20F2N6. The monoisotopic (exact) mass is 406 g/mol. The molecule has 0 saturated carbocycles. The summed E-state index contributed by atoms with van der Waals surface area (Å²) in [7, 11) is 0. The molecular weight excluding hydrogens is 386 g/mol. The third-order valence-electron chi connectivity index (χ3n) is 5.24. The zero-order chi connectivity index (χ0) is 20.7. The highest BCUT2D eigenvalue weighted by atomic mass is 19.1. The summed E-state index contributed by atoms with van der Waals surface area (Å²) in [5.74, 6) is -0.0717. The number of anilines is 1. The lowest BCUT2D eigenvalue weighted by molar-refractivity contribution is 0.584. The van der Waals surface area contributed by atoms with Crippen LogP contribution in [0.1, 0.15) is 5.69 Å². The minimum Gasteiger partial charge on any atom is -0.354 e. The Labute approximate surface area is 172 Å². The lowest BCUT2D eigenvalue weighted by atomic mass is 10.2. The van der Waals surface area contributed by atoms with Crippen molar-refractivity contribution < 1.29 is 8.78 Å². The first kappa shape index (κ1) is 18.6. The van der Waals surface area contributed by atoms with E-state index in [1.807, 2.05) is 35.8 Å². The Morgan fingerprint density at radius 2 is 1.80 bits per heavy atom. The molecule has 0 aliphatic carbocycles. The first-order valence-electron chi connectivity index (χ1n) is 9.84. The molecule has 30 heavy (non-hydrogen) atoms. The van der Waals surface area contributed by atoms with Crippen LogP contribution >= 0.6 is 0 Å². The van der Waals surface area contributed by atoms with Gasteiger partial charge in [-0.05, 0) is 43.3 Å². The van der Waals surface area contributed by atoms with Crippen molar-refractivity contribution in [3.8, 4) is 17.1 Å². The minimum absolute atomic E-state index is 0.215. The number of benzene rings is 1. The van der Waals surface area contributed by atoms with Crippen molar-refractivity contribution in [3.05, 3.63) is 66.0 Å². The first-order valence-corrected chi connectivity index (χ1v) is 9.84. The predicted molar refractivity (Wildman–Crippen MR) is 112 cm³/mol. The van der Waals surface area contributed by atoms with Crippen LogP contribution in [-0.2, 0) is 0 Å². The second kappa shape index (κ2) is 7.46. The lowest BCUT2D eigenvalue weighted by Crippen LogP contribution is -2.43. The van der Waals surface area contributed by atoms with Gasteiger partial charge in [0, 0.05) is 44.1 Å². The average Bonchev–Trinajstić information content (AvgIpc) is 3.12. The molecule has 0 bridgehead atoms. The van der Waals surface area contributed by atoms with Gasteiger partial charge in [0.05, 0.1) is 11.3 Å². The summed E-state index contributed by atoms with van der Waals surface area (Å²) in [6.45, 7) is 5.41. The number of aryl methyl sites for hydroxylation is 1. The van der Waals surface area contributed by atoms with Gasteiger partial charge in [0.2, 0.25) is 0 Å². The zero-order valence-corrected chi connectivity index (χ0v) is 16.4. The molecule has 1 fully saturated rings. The molecule has 1 aliphatic rings. The topological polar surface area (TPSA) is 58.9 Å². The Balaban J connectivity index is 1.75. The normalized spacial score (nSPS) is 14.4. The highest BCUT2D eigenvalue weighted by Gasteiger charge is 2.21. The van der Waals surface area contributed by atoms with E-state index in [1.165, 1.54) is 12.1 Å². The van der Waals surface area contributed by atoms with Crippen LogP contribution in [0.3, 0.4) is 0 Å². The van der Waals surface area contributed by atoms with Crippen LogP contribution < -0.4 is 10.2 Å². The van der Waals surface area contributed by atoms with E-state index in [2.05, 4.69) is 20.2 Å². The van der Waals surface area contributed by atoms with Crippen molar-refractivity contribution in [2.75, 3.05) is 31.1 Å². The van der Waals surface area contributed by atoms with Gasteiger partial charge < -0.3 is 10.2 Å². The van der Waals surface area contributed by atoms with Gasteiger partial charge in [-0.15, -0.1) is 0 Å². The Hall–Kier alpha value is -3.39. The van der Waals surface area contributed by atoms with Crippen LogP contribution in [0.2, 0.25) is 0 Å². The summed E-state index contributed by atoms with van der Waals surface area (Å²) in [5.41, 5.74) is 3.07. The summed E-state index contributed by atoms with van der Waals surface area (Å²) in [5, 5.41) is 3.34. The third kappa shape index (κ3) is 3.29. The number of rotatable bonds is 3. The molecule has 0 unspecified atom stereocenters. The van der Waals surface area contributed by atoms with Gasteiger partial charge in [0.1, 0.15) is 28.8 Å². The highest BCUT2D eigenvalue weighted by Crippen LogP contribution is 2.31. The maximum Gasteiger partial charge on any atom is 0.167 e. The fourth-order valence-electron chi connectivity index (χ4n) is 3.78. The fraction of sp³-hybridized carbons (Fsp3) is 0.227. The van der Waals surface area contributed by atoms with Crippen molar-refractivity contribution in [3.63, 3.8) is 0 Å². The number of piperazine rings is 1. The Morgan fingerprint density at radius 1 is 0.967 bits per heavy atom. The van der Waals surface area contributed by atoms with E-state index in [0.29, 0.717) is 17.0 Å². The van der Waals surface area contributed by atoms with Crippen LogP contribution in [0.5, 0.6) is 0 Å². The fourth-order valence-corrected chi connectivity index (χ4v) is 3.78. The number of nitrogens with one attached hydrogen (secondary N) is 1. The highest BCUT2D eigenvalue weighted by molar-refractivity contribution is 5.81. The number of aromatic nitrogens is 4. The Bertz CT molecular complexity index is 1230. The molecule has 0 atom stereocenters. The van der Waals surface area contributed by atoms with E-state index in [-0.39, 0.29) is 5.56 Å². The van der Waals surface area contributed by atoms with E-state index in [4.69, 9.17) is 4.98 Å². The van der Waals surface area contributed by atoms with E-state index in [0.717, 1.165) is 49.4 Å². The van der Waals surface area contributed by atoms with Gasteiger partial charge in [0.15, 0.2) is 5.65 Å². The second-order valence-corrected chi connectivity index (χ2v) is 7.30. The summed E-state index contributed by atoms with van der Waals surface area (Å²) < 4.78 is 30.0. The number of imidazole rings is 1. The van der Waals surface area contributed by atoms with Gasteiger partial charge in [-0.25, -0.2) is 18.7 Å². The third-order valence-corrected chi connectivity index (χ3v) is 5.24. The number of hydrogen-bond acceptors (Lipinski definition) is 5. The molecule has 0 amide bonds. The zero-order valence-electron chi connectivity index (χ0n) is 16.4. The van der Waals surface area contributed by atoms with Crippen molar-refractivity contribution in [2.24, 2.45) is 0 Å². The van der Waals surface area contributed by atoms with Gasteiger partial charge >= 0.3 is 0 Å². The Morgan fingerprint density at radius 3 is 2.57 bits per heavy atom. The minimum atomic E-state index is -0.667. The number of fused-ring (bicyclic) bond motifs is 1. The van der Waals surface area contributed by atoms with Gasteiger partial charge in [-0.2, -0.15) is 0 Å². The van der Waals surface area contributed by atoms with Crippen molar-refractivity contribution in [1.29, 1.82) is 0 Å². The number of pyridine rings is 2. The number of halogens is 2. The molecule has 152 valence electrons. The summed E-state index contributed by atoms with van der Waals surface area (Å²) in [4.78, 5) is 16.0. The average molecular weight is 406 g/mol. The molecule has 0 spiro atoms. The maximum absolute atomic E-state index is 14.7. The van der Waals surface area contributed by atoms with Gasteiger partial charge in [-0.3, -0.25) is 9.55 Å². The van der Waals surface area contributed by atoms with Crippen molar-refractivity contribution >= 4 is 17.0 Å². The summed E-state index contributed by atoms with van der Waals surface area (Å²) >= 11 is 0. The second-order valence-electron chi connectivity index (χ2n) is 7.30. The van der Waals surface area contributed by atoms with Crippen molar-refractivity contribution in [1.82, 2.24) is 24.8 Å². The summed E-state index contributed by atoms with van der Waals surface area (Å²) in [6.07, 6.45) is 1.70. The van der Waals surface area contributed by atoms with Crippen molar-refractivity contribution in [2.45, 2.75) is 6.92 Å². The molecule has 6 nitrogen and oxygen atoms in total. The number of hydrogen-bond donors (Lipinski definition) is 1. The molecule has 1 saturated heterocycles. The first-order chi connectivity index (χ1) is 14.6. The molecule has 1 aromatic carbocycles. The molecule has 4 heterocycles. The molecule has 8 heteroatoms. The predicted octanol–water partition coefficient (Wildman–Crippen LogP) is 3.48. The lowest BCUT2D eigenvalue weighted by Gasteiger charge is -2.28. The molecule has 1 aliphatic heterocycles. The molecule has 0 radical (unpaired) electrons. The maximum atomic E-state index is 14.7. The van der Waals surface area contributed by atoms with Crippen LogP contribution in [-0.4, -0.2) is 45.7 Å². The van der Waals surface area contributed by atoms with Gasteiger partial charge in [-0.1, -0.05) is 0 Å². The van der Waals surface area contributed by atoms with Crippen LogP contribution in [0.15, 0.2) is 48.7 Å². The quantitative estimate of drug-likeness (QED) is 0.565. The molecule has 3 aromatic heterocycles. The van der Waals surface area contributed by atoms with E-state index < -0.39 is 11.6 Å². The molecule has 1 N–H and O–H groups in total. The van der Waals surface area contributed by atoms with Gasteiger partial charge in [0.25, 0.3) is 0 Å². The standard InChI is InChI=1S/C22H20F2N6/c1-14-12-16(6-7-26-14)30-21(17-3-2-15(23)13-18(17)24)27-19-4-5-20(28-22(19)30)29-10-8-25-9-11-29/h2-7,12-13,25H,8-11H2,1H3. The van der Waals surface area contributed by atoms with E-state index >= 15 is 0 Å². The summed E-state index contributed by atoms with van der Waals surface area (Å²) in [6, 6.07) is 11.1. The van der Waals surface area contributed by atoms with E-state index in [9.17, 15) is 8.78 Å². The molecule has 4 aromatic rings. The van der Waals surface area contributed by atoms with Crippen LogP contribution in [0.4, 0.5) is 14.6 Å². The smallest absolute Gasteiger partial charge is 0.167 e. The van der Waals surface area contributed by atoms with E-state index in [1.54, 1.807) is 6.20 Å². The molecule has 5 rings (SSSR count). The number of nitrogens with zero attached hydrogens (tertiary/aromatic N) is 5. The van der Waals surface area contributed by atoms with Crippen LogP contribution in [0, 0.1) is 18.6 Å². The van der Waals surface area contributed by atoms with Crippen LogP contribution in [0.25, 0.3) is 28.2 Å². The SMILES string of the molecule is Cc1cc(-n2c(-c3ccc(F)cc3F)nc3ccc(N4CCNCC4)nc32)ccn1.